The third kappa shape index (κ3) is 1.70. The van der Waals surface area contributed by atoms with E-state index >= 15 is 0 Å². The maximum atomic E-state index is 8.69. The average molecular weight is 143 g/mol. The largest absolute Gasteiger partial charge is 0.395 e. The van der Waals surface area contributed by atoms with E-state index in [0.29, 0.717) is 6.61 Å². The SMILES string of the molecule is CCN(CCO)C1CCC1. The van der Waals surface area contributed by atoms with Gasteiger partial charge in [0.05, 0.1) is 6.61 Å². The highest BCUT2D eigenvalue weighted by Crippen LogP contribution is 2.23. The maximum absolute atomic E-state index is 8.69. The lowest BCUT2D eigenvalue weighted by atomic mass is 9.91. The molecule has 2 heteroatoms. The van der Waals surface area contributed by atoms with Crippen LogP contribution in [0.15, 0.2) is 0 Å². The summed E-state index contributed by atoms with van der Waals surface area (Å²) in [6.07, 6.45) is 4.06. The molecule has 1 N–H and O–H groups in total. The van der Waals surface area contributed by atoms with Gasteiger partial charge in [0.1, 0.15) is 0 Å². The Kier molecular flexibility index (Phi) is 3.16. The highest BCUT2D eigenvalue weighted by Gasteiger charge is 2.22. The zero-order chi connectivity index (χ0) is 7.40. The van der Waals surface area contributed by atoms with Crippen molar-refractivity contribution in [1.29, 1.82) is 0 Å². The van der Waals surface area contributed by atoms with E-state index in [2.05, 4.69) is 11.8 Å². The number of likely N-dealkylation sites (N-methyl/N-ethyl adjacent to an activating group) is 1. The standard InChI is InChI=1S/C8H17NO/c1-2-9(6-7-10)8-4-3-5-8/h8,10H,2-7H2,1H3. The van der Waals surface area contributed by atoms with E-state index in [-0.39, 0.29) is 0 Å². The van der Waals surface area contributed by atoms with Crippen LogP contribution in [0.4, 0.5) is 0 Å². The first kappa shape index (κ1) is 8.02. The number of aliphatic hydroxyl groups excluding tert-OH is 1. The number of rotatable bonds is 4. The predicted octanol–water partition coefficient (Wildman–Crippen LogP) is 0.853. The Labute approximate surface area is 62.8 Å². The zero-order valence-corrected chi connectivity index (χ0v) is 6.71. The van der Waals surface area contributed by atoms with Gasteiger partial charge in [-0.25, -0.2) is 0 Å². The highest BCUT2D eigenvalue weighted by molar-refractivity contribution is 4.78. The predicted molar refractivity (Wildman–Crippen MR) is 42.0 cm³/mol. The minimum absolute atomic E-state index is 0.310. The van der Waals surface area contributed by atoms with Gasteiger partial charge in [-0.1, -0.05) is 13.3 Å². The molecular weight excluding hydrogens is 126 g/mol. The van der Waals surface area contributed by atoms with Gasteiger partial charge in [0.15, 0.2) is 0 Å². The van der Waals surface area contributed by atoms with Gasteiger partial charge in [0, 0.05) is 12.6 Å². The Morgan fingerprint density at radius 3 is 2.50 bits per heavy atom. The second kappa shape index (κ2) is 3.94. The molecule has 1 aliphatic rings. The topological polar surface area (TPSA) is 23.5 Å². The van der Waals surface area contributed by atoms with Gasteiger partial charge in [0.2, 0.25) is 0 Å². The molecule has 0 spiro atoms. The number of hydrogen-bond donors (Lipinski definition) is 1. The van der Waals surface area contributed by atoms with E-state index in [1.54, 1.807) is 0 Å². The maximum Gasteiger partial charge on any atom is 0.0558 e. The van der Waals surface area contributed by atoms with Gasteiger partial charge in [-0.2, -0.15) is 0 Å². The van der Waals surface area contributed by atoms with Gasteiger partial charge >= 0.3 is 0 Å². The summed E-state index contributed by atoms with van der Waals surface area (Å²) < 4.78 is 0. The van der Waals surface area contributed by atoms with Crippen molar-refractivity contribution in [3.63, 3.8) is 0 Å². The van der Waals surface area contributed by atoms with Crippen molar-refractivity contribution in [2.24, 2.45) is 0 Å². The smallest absolute Gasteiger partial charge is 0.0558 e. The quantitative estimate of drug-likeness (QED) is 0.630. The number of hydrogen-bond acceptors (Lipinski definition) is 2. The van der Waals surface area contributed by atoms with Crippen LogP contribution < -0.4 is 0 Å². The molecule has 1 fully saturated rings. The van der Waals surface area contributed by atoms with Gasteiger partial charge in [-0.15, -0.1) is 0 Å². The van der Waals surface area contributed by atoms with Crippen molar-refractivity contribution in [3.05, 3.63) is 0 Å². The monoisotopic (exact) mass is 143 g/mol. The Morgan fingerprint density at radius 1 is 1.50 bits per heavy atom. The molecule has 0 unspecified atom stereocenters. The molecule has 2 nitrogen and oxygen atoms in total. The van der Waals surface area contributed by atoms with Gasteiger partial charge in [0.25, 0.3) is 0 Å². The first-order valence-electron chi connectivity index (χ1n) is 4.23. The fourth-order valence-corrected chi connectivity index (χ4v) is 1.48. The number of aliphatic hydroxyl groups is 1. The van der Waals surface area contributed by atoms with Gasteiger partial charge in [-0.05, 0) is 19.4 Å². The third-order valence-corrected chi connectivity index (χ3v) is 2.38. The van der Waals surface area contributed by atoms with Crippen LogP contribution in [0.2, 0.25) is 0 Å². The summed E-state index contributed by atoms with van der Waals surface area (Å²) in [4.78, 5) is 2.36. The first-order chi connectivity index (χ1) is 4.88. The summed E-state index contributed by atoms with van der Waals surface area (Å²) in [6, 6.07) is 0.789. The summed E-state index contributed by atoms with van der Waals surface area (Å²) in [5.74, 6) is 0. The molecule has 60 valence electrons. The molecule has 0 aromatic heterocycles. The first-order valence-corrected chi connectivity index (χ1v) is 4.23. The molecule has 0 amide bonds. The molecule has 10 heavy (non-hydrogen) atoms. The van der Waals surface area contributed by atoms with Crippen LogP contribution >= 0.6 is 0 Å². The summed E-state index contributed by atoms with van der Waals surface area (Å²) in [7, 11) is 0. The summed E-state index contributed by atoms with van der Waals surface area (Å²) >= 11 is 0. The van der Waals surface area contributed by atoms with Gasteiger partial charge < -0.3 is 5.11 Å². The highest BCUT2D eigenvalue weighted by atomic mass is 16.3. The lowest BCUT2D eigenvalue weighted by Crippen LogP contribution is -2.41. The molecule has 1 aliphatic carbocycles. The van der Waals surface area contributed by atoms with E-state index in [4.69, 9.17) is 5.11 Å². The third-order valence-electron chi connectivity index (χ3n) is 2.38. The van der Waals surface area contributed by atoms with Crippen molar-refractivity contribution in [2.75, 3.05) is 19.7 Å². The minimum Gasteiger partial charge on any atom is -0.395 e. The lowest BCUT2D eigenvalue weighted by molar-refractivity contribution is 0.107. The van der Waals surface area contributed by atoms with E-state index in [0.717, 1.165) is 19.1 Å². The van der Waals surface area contributed by atoms with E-state index in [1.165, 1.54) is 19.3 Å². The van der Waals surface area contributed by atoms with Crippen molar-refractivity contribution >= 4 is 0 Å². The Morgan fingerprint density at radius 2 is 2.20 bits per heavy atom. The van der Waals surface area contributed by atoms with Crippen molar-refractivity contribution in [1.82, 2.24) is 4.90 Å². The van der Waals surface area contributed by atoms with Gasteiger partial charge in [-0.3, -0.25) is 4.90 Å². The molecule has 0 radical (unpaired) electrons. The second-order valence-corrected chi connectivity index (χ2v) is 2.94. The molecule has 0 aromatic carbocycles. The molecule has 0 aromatic rings. The van der Waals surface area contributed by atoms with Crippen LogP contribution in [-0.4, -0.2) is 35.7 Å². The molecule has 1 rings (SSSR count). The molecule has 0 atom stereocenters. The van der Waals surface area contributed by atoms with Crippen LogP contribution in [0.1, 0.15) is 26.2 Å². The van der Waals surface area contributed by atoms with Crippen LogP contribution in [0, 0.1) is 0 Å². The van der Waals surface area contributed by atoms with Crippen LogP contribution in [0.3, 0.4) is 0 Å². The van der Waals surface area contributed by atoms with E-state index in [9.17, 15) is 0 Å². The molecular formula is C8H17NO. The lowest BCUT2D eigenvalue weighted by Gasteiger charge is -2.36. The molecule has 1 saturated carbocycles. The van der Waals surface area contributed by atoms with Crippen LogP contribution in [0.5, 0.6) is 0 Å². The van der Waals surface area contributed by atoms with Crippen molar-refractivity contribution in [2.45, 2.75) is 32.2 Å². The van der Waals surface area contributed by atoms with Crippen molar-refractivity contribution < 1.29 is 5.11 Å². The van der Waals surface area contributed by atoms with E-state index < -0.39 is 0 Å². The summed E-state index contributed by atoms with van der Waals surface area (Å²) in [5, 5.41) is 8.69. The molecule has 0 aliphatic heterocycles. The molecule has 0 bridgehead atoms. The Hall–Kier alpha value is -0.0800. The normalized spacial score (nSPS) is 19.5. The Bertz CT molecular complexity index is 91.3. The van der Waals surface area contributed by atoms with Crippen molar-refractivity contribution in [3.8, 4) is 0 Å². The fourth-order valence-electron chi connectivity index (χ4n) is 1.48. The molecule has 0 heterocycles. The fraction of sp³-hybridized carbons (Fsp3) is 1.00. The Balaban J connectivity index is 2.17. The zero-order valence-electron chi connectivity index (χ0n) is 6.71. The molecule has 0 saturated heterocycles. The average Bonchev–Trinajstić information content (AvgIpc) is 1.83. The number of nitrogens with zero attached hydrogens (tertiary/aromatic N) is 1. The summed E-state index contributed by atoms with van der Waals surface area (Å²) in [5.41, 5.74) is 0. The van der Waals surface area contributed by atoms with Crippen LogP contribution in [-0.2, 0) is 0 Å². The second-order valence-electron chi connectivity index (χ2n) is 2.94. The summed E-state index contributed by atoms with van der Waals surface area (Å²) in [6.45, 7) is 4.42. The van der Waals surface area contributed by atoms with E-state index in [1.807, 2.05) is 0 Å². The minimum atomic E-state index is 0.310. The van der Waals surface area contributed by atoms with Crippen LogP contribution in [0.25, 0.3) is 0 Å².